The van der Waals surface area contributed by atoms with Crippen molar-refractivity contribution in [2.45, 2.75) is 37.6 Å². The minimum Gasteiger partial charge on any atom is -0.494 e. The SMILES string of the molecule is COc1ccc(-c2ccc(C(=O)NS(=O)(=O)c3ccc[nH]c3=O)c(N3C[C@@H](C)CC3(C)C)n2)cc1F. The Morgan fingerprint density at radius 3 is 2.61 bits per heavy atom. The van der Waals surface area contributed by atoms with Crippen molar-refractivity contribution in [3.05, 3.63) is 70.4 Å². The van der Waals surface area contributed by atoms with Crippen LogP contribution >= 0.6 is 0 Å². The number of halogens is 1. The van der Waals surface area contributed by atoms with Gasteiger partial charge in [-0.2, -0.15) is 0 Å². The highest BCUT2D eigenvalue weighted by atomic mass is 32.2. The van der Waals surface area contributed by atoms with E-state index in [1.54, 1.807) is 6.07 Å². The molecule has 0 spiro atoms. The van der Waals surface area contributed by atoms with E-state index < -0.39 is 32.2 Å². The molecule has 9 nitrogen and oxygen atoms in total. The molecule has 1 amide bonds. The minimum absolute atomic E-state index is 0.0193. The van der Waals surface area contributed by atoms with E-state index >= 15 is 0 Å². The summed E-state index contributed by atoms with van der Waals surface area (Å²) < 4.78 is 46.9. The molecule has 0 bridgehead atoms. The maximum absolute atomic E-state index is 14.4. The lowest BCUT2D eigenvalue weighted by atomic mass is 9.97. The molecular weight excluding hydrogens is 487 g/mol. The highest BCUT2D eigenvalue weighted by molar-refractivity contribution is 7.90. The van der Waals surface area contributed by atoms with Crippen LogP contribution in [0.1, 0.15) is 37.6 Å². The van der Waals surface area contributed by atoms with Crippen LogP contribution in [0.2, 0.25) is 0 Å². The Labute approximate surface area is 208 Å². The van der Waals surface area contributed by atoms with Crippen LogP contribution in [0.4, 0.5) is 10.2 Å². The number of methoxy groups -OCH3 is 1. The fourth-order valence-electron chi connectivity index (χ4n) is 4.63. The molecule has 1 atom stereocenters. The average molecular weight is 515 g/mol. The van der Waals surface area contributed by atoms with Gasteiger partial charge < -0.3 is 14.6 Å². The van der Waals surface area contributed by atoms with Crippen molar-refractivity contribution >= 4 is 21.7 Å². The summed E-state index contributed by atoms with van der Waals surface area (Å²) in [6.07, 6.45) is 2.12. The van der Waals surface area contributed by atoms with Crippen molar-refractivity contribution in [2.24, 2.45) is 5.92 Å². The molecule has 190 valence electrons. The van der Waals surface area contributed by atoms with Gasteiger partial charge in [-0.15, -0.1) is 0 Å². The van der Waals surface area contributed by atoms with Gasteiger partial charge in [0.25, 0.3) is 21.5 Å². The van der Waals surface area contributed by atoms with Gasteiger partial charge in [0.1, 0.15) is 5.82 Å². The van der Waals surface area contributed by atoms with Crippen LogP contribution < -0.4 is 19.9 Å². The molecule has 1 aromatic carbocycles. The van der Waals surface area contributed by atoms with Gasteiger partial charge in [0.2, 0.25) is 0 Å². The Kier molecular flexibility index (Phi) is 6.61. The maximum atomic E-state index is 14.4. The molecule has 1 aliphatic heterocycles. The number of nitrogens with zero attached hydrogens (tertiary/aromatic N) is 2. The Balaban J connectivity index is 1.79. The monoisotopic (exact) mass is 514 g/mol. The van der Waals surface area contributed by atoms with Gasteiger partial charge in [0.15, 0.2) is 16.5 Å². The average Bonchev–Trinajstić information content (AvgIpc) is 3.10. The topological polar surface area (TPSA) is 121 Å². The van der Waals surface area contributed by atoms with Crippen molar-refractivity contribution in [3.8, 4) is 17.0 Å². The van der Waals surface area contributed by atoms with Gasteiger partial charge in [-0.05, 0) is 68.7 Å². The quantitative estimate of drug-likeness (QED) is 0.518. The van der Waals surface area contributed by atoms with Gasteiger partial charge in [-0.1, -0.05) is 6.92 Å². The molecule has 11 heteroatoms. The number of anilines is 1. The number of rotatable bonds is 6. The van der Waals surface area contributed by atoms with Crippen molar-refractivity contribution in [1.82, 2.24) is 14.7 Å². The van der Waals surface area contributed by atoms with Gasteiger partial charge in [-0.3, -0.25) is 9.59 Å². The number of pyridine rings is 2. The van der Waals surface area contributed by atoms with E-state index in [1.165, 1.54) is 43.6 Å². The third-order valence-corrected chi connectivity index (χ3v) is 7.55. The number of aromatic amines is 1. The summed E-state index contributed by atoms with van der Waals surface area (Å²) in [5, 5.41) is 0. The molecule has 1 saturated heterocycles. The molecule has 0 radical (unpaired) electrons. The Hall–Kier alpha value is -3.73. The second-order valence-corrected chi connectivity index (χ2v) is 11.1. The molecule has 3 aromatic rings. The zero-order valence-corrected chi connectivity index (χ0v) is 21.1. The lowest BCUT2D eigenvalue weighted by Gasteiger charge is -2.34. The number of amides is 1. The number of hydrogen-bond donors (Lipinski definition) is 2. The van der Waals surface area contributed by atoms with Gasteiger partial charge in [0.05, 0.1) is 18.4 Å². The maximum Gasteiger partial charge on any atom is 0.269 e. The lowest BCUT2D eigenvalue weighted by Crippen LogP contribution is -2.41. The van der Waals surface area contributed by atoms with Gasteiger partial charge in [-0.25, -0.2) is 22.5 Å². The second-order valence-electron chi connectivity index (χ2n) is 9.45. The molecule has 0 saturated carbocycles. The Morgan fingerprint density at radius 1 is 1.25 bits per heavy atom. The van der Waals surface area contributed by atoms with Crippen LogP contribution in [0.3, 0.4) is 0 Å². The highest BCUT2D eigenvalue weighted by Gasteiger charge is 2.39. The molecule has 0 aliphatic carbocycles. The largest absolute Gasteiger partial charge is 0.494 e. The second kappa shape index (κ2) is 9.38. The van der Waals surface area contributed by atoms with Crippen LogP contribution in [0, 0.1) is 11.7 Å². The van der Waals surface area contributed by atoms with E-state index in [1.807, 2.05) is 23.5 Å². The molecule has 4 rings (SSSR count). The summed E-state index contributed by atoms with van der Waals surface area (Å²) in [4.78, 5) is 33.6. The first-order valence-electron chi connectivity index (χ1n) is 11.3. The Morgan fingerprint density at radius 2 is 2.00 bits per heavy atom. The number of H-pyrrole nitrogens is 1. The number of hydrogen-bond acceptors (Lipinski definition) is 7. The zero-order chi connectivity index (χ0) is 26.3. The van der Waals surface area contributed by atoms with E-state index in [4.69, 9.17) is 4.74 Å². The number of carbonyl (C=O) groups excluding carboxylic acids is 1. The normalized spacial score (nSPS) is 17.1. The third-order valence-electron chi connectivity index (χ3n) is 6.19. The van der Waals surface area contributed by atoms with E-state index in [0.29, 0.717) is 23.7 Å². The number of sulfonamides is 1. The first-order chi connectivity index (χ1) is 16.9. The van der Waals surface area contributed by atoms with Crippen LogP contribution in [0.15, 0.2) is 58.4 Å². The molecule has 3 heterocycles. The first-order valence-corrected chi connectivity index (χ1v) is 12.8. The van der Waals surface area contributed by atoms with Crippen molar-refractivity contribution < 1.29 is 22.3 Å². The summed E-state index contributed by atoms with van der Waals surface area (Å²) in [6, 6.07) is 9.86. The number of aromatic nitrogens is 2. The van der Waals surface area contributed by atoms with Crippen LogP contribution in [-0.2, 0) is 10.0 Å². The highest BCUT2D eigenvalue weighted by Crippen LogP contribution is 2.38. The summed E-state index contributed by atoms with van der Waals surface area (Å²) in [6.45, 7) is 6.70. The molecule has 1 fully saturated rings. The summed E-state index contributed by atoms with van der Waals surface area (Å²) >= 11 is 0. The molecule has 2 aromatic heterocycles. The molecule has 1 aliphatic rings. The predicted octanol–water partition coefficient (Wildman–Crippen LogP) is 3.33. The minimum atomic E-state index is -4.45. The van der Waals surface area contributed by atoms with E-state index in [0.717, 1.165) is 12.5 Å². The van der Waals surface area contributed by atoms with Crippen LogP contribution in [0.5, 0.6) is 5.75 Å². The first kappa shape index (κ1) is 25.4. The van der Waals surface area contributed by atoms with E-state index in [2.05, 4.69) is 16.9 Å². The molecule has 36 heavy (non-hydrogen) atoms. The van der Waals surface area contributed by atoms with E-state index in [9.17, 15) is 22.4 Å². The van der Waals surface area contributed by atoms with Crippen molar-refractivity contribution in [1.29, 1.82) is 0 Å². The summed E-state index contributed by atoms with van der Waals surface area (Å²) in [7, 11) is -3.08. The Bertz CT molecular complexity index is 1490. The molecule has 2 N–H and O–H groups in total. The third kappa shape index (κ3) is 4.83. The van der Waals surface area contributed by atoms with Crippen LogP contribution in [-0.4, -0.2) is 43.5 Å². The summed E-state index contributed by atoms with van der Waals surface area (Å²) in [5.74, 6) is -0.831. The number of ether oxygens (including phenoxy) is 1. The van der Waals surface area contributed by atoms with E-state index in [-0.39, 0.29) is 22.7 Å². The zero-order valence-electron chi connectivity index (χ0n) is 20.3. The fourth-order valence-corrected chi connectivity index (χ4v) is 5.65. The molecule has 0 unspecified atom stereocenters. The van der Waals surface area contributed by atoms with Crippen molar-refractivity contribution in [3.63, 3.8) is 0 Å². The van der Waals surface area contributed by atoms with Gasteiger partial charge in [0, 0.05) is 23.8 Å². The smallest absolute Gasteiger partial charge is 0.269 e. The fraction of sp³-hybridized carbons (Fsp3) is 0.320. The number of nitrogens with one attached hydrogen (secondary N) is 2. The lowest BCUT2D eigenvalue weighted by molar-refractivity contribution is 0.0981. The standard InChI is InChI=1S/C25H27FN4O5S/c1-15-13-25(2,3)30(14-15)22-17(23(31)29-36(33,34)21-6-5-11-27-24(21)32)8-9-19(28-22)16-7-10-20(35-4)18(26)12-16/h5-12,15H,13-14H2,1-4H3,(H,27,32)(H,29,31)/t15-/m0/s1. The number of benzene rings is 1. The van der Waals surface area contributed by atoms with Gasteiger partial charge >= 0.3 is 0 Å². The molecular formula is C25H27FN4O5S. The van der Waals surface area contributed by atoms with Crippen LogP contribution in [0.25, 0.3) is 11.3 Å². The van der Waals surface area contributed by atoms with Crippen molar-refractivity contribution in [2.75, 3.05) is 18.6 Å². The predicted molar refractivity (Wildman–Crippen MR) is 133 cm³/mol. The summed E-state index contributed by atoms with van der Waals surface area (Å²) in [5.41, 5.74) is -0.329. The number of carbonyl (C=O) groups is 1.